The predicted octanol–water partition coefficient (Wildman–Crippen LogP) is 4.12. The minimum Gasteiger partial charge on any atom is -0.391 e. The van der Waals surface area contributed by atoms with E-state index < -0.39 is 34.9 Å². The Morgan fingerprint density at radius 1 is 1.06 bits per heavy atom. The molecule has 1 atom stereocenters. The van der Waals surface area contributed by atoms with Gasteiger partial charge in [0.1, 0.15) is 5.82 Å². The van der Waals surface area contributed by atoms with E-state index in [4.69, 9.17) is 0 Å². The molecule has 1 fully saturated rings. The highest BCUT2D eigenvalue weighted by atomic mass is 19.4. The van der Waals surface area contributed by atoms with E-state index in [-0.39, 0.29) is 17.8 Å². The number of hydrogen-bond donors (Lipinski definition) is 1. The largest absolute Gasteiger partial charge is 0.418 e. The zero-order chi connectivity index (χ0) is 23.3. The molecule has 0 unspecified atom stereocenters. The van der Waals surface area contributed by atoms with Gasteiger partial charge in [0, 0.05) is 29.9 Å². The first-order valence-electron chi connectivity index (χ1n) is 10.8. The molecule has 0 spiro atoms. The number of anilines is 1. The van der Waals surface area contributed by atoms with Crippen LogP contribution in [-0.4, -0.2) is 34.1 Å². The molecular formula is C24H21F4N3O2. The molecule has 0 amide bonds. The third kappa shape index (κ3) is 3.80. The monoisotopic (exact) mass is 459 g/mol. The summed E-state index contributed by atoms with van der Waals surface area (Å²) in [6.45, 7) is 0.775. The standard InChI is InChI=1S/C24H21F4N3O2/c25-20-7-2-1-4-18(20)22-16-5-3-6-17(16)23(33)31(29-22)21-12-14(30-11-10-15(32)13-30)8-9-19(21)24(26,27)28/h1-2,4,7-9,12,15,32H,3,5-6,10-11,13H2/t15-/m0/s1. The van der Waals surface area contributed by atoms with Crippen molar-refractivity contribution in [3.8, 4) is 16.9 Å². The van der Waals surface area contributed by atoms with E-state index in [0.29, 0.717) is 49.0 Å². The molecular weight excluding hydrogens is 438 g/mol. The molecule has 1 saturated heterocycles. The molecule has 0 saturated carbocycles. The van der Waals surface area contributed by atoms with Crippen LogP contribution < -0.4 is 10.5 Å². The van der Waals surface area contributed by atoms with Crippen LogP contribution in [0.4, 0.5) is 23.2 Å². The van der Waals surface area contributed by atoms with E-state index >= 15 is 0 Å². The molecule has 5 nitrogen and oxygen atoms in total. The van der Waals surface area contributed by atoms with E-state index in [1.54, 1.807) is 11.0 Å². The zero-order valence-electron chi connectivity index (χ0n) is 17.6. The Morgan fingerprint density at radius 2 is 1.82 bits per heavy atom. The fourth-order valence-electron chi connectivity index (χ4n) is 4.72. The summed E-state index contributed by atoms with van der Waals surface area (Å²) in [4.78, 5) is 15.0. The van der Waals surface area contributed by atoms with Gasteiger partial charge in [-0.1, -0.05) is 12.1 Å². The van der Waals surface area contributed by atoms with E-state index in [1.807, 2.05) is 0 Å². The van der Waals surface area contributed by atoms with Gasteiger partial charge in [0.05, 0.1) is 23.0 Å². The number of rotatable bonds is 3. The maximum Gasteiger partial charge on any atom is 0.418 e. The minimum absolute atomic E-state index is 0.150. The zero-order valence-corrected chi connectivity index (χ0v) is 17.6. The quantitative estimate of drug-likeness (QED) is 0.599. The second-order valence-electron chi connectivity index (χ2n) is 8.44. The molecule has 0 radical (unpaired) electrons. The molecule has 2 heterocycles. The van der Waals surface area contributed by atoms with Crippen LogP contribution in [0.5, 0.6) is 0 Å². The van der Waals surface area contributed by atoms with Crippen LogP contribution in [0.1, 0.15) is 29.5 Å². The van der Waals surface area contributed by atoms with E-state index in [2.05, 4.69) is 5.10 Å². The Labute approximate surface area is 186 Å². The highest BCUT2D eigenvalue weighted by Crippen LogP contribution is 2.37. The van der Waals surface area contributed by atoms with Crippen LogP contribution in [0.3, 0.4) is 0 Å². The van der Waals surface area contributed by atoms with Crippen molar-refractivity contribution in [2.24, 2.45) is 0 Å². The van der Waals surface area contributed by atoms with Crippen LogP contribution in [0.2, 0.25) is 0 Å². The molecule has 2 aliphatic rings. The Kier molecular flexibility index (Phi) is 5.23. The van der Waals surface area contributed by atoms with Crippen LogP contribution in [0.15, 0.2) is 47.3 Å². The average Bonchev–Trinajstić information content (AvgIpc) is 3.43. The van der Waals surface area contributed by atoms with Gasteiger partial charge in [-0.15, -0.1) is 0 Å². The number of aromatic nitrogens is 2. The summed E-state index contributed by atoms with van der Waals surface area (Å²) in [5.74, 6) is -0.555. The number of halogens is 4. The van der Waals surface area contributed by atoms with Crippen molar-refractivity contribution in [1.29, 1.82) is 0 Å². The van der Waals surface area contributed by atoms with Gasteiger partial charge in [-0.05, 0) is 61.6 Å². The summed E-state index contributed by atoms with van der Waals surface area (Å²) < 4.78 is 57.2. The van der Waals surface area contributed by atoms with Crippen LogP contribution in [-0.2, 0) is 19.0 Å². The number of benzene rings is 2. The van der Waals surface area contributed by atoms with Gasteiger partial charge in [0.25, 0.3) is 5.56 Å². The molecule has 1 aromatic heterocycles. The second-order valence-corrected chi connectivity index (χ2v) is 8.44. The van der Waals surface area contributed by atoms with Crippen LogP contribution >= 0.6 is 0 Å². The smallest absolute Gasteiger partial charge is 0.391 e. The number of fused-ring (bicyclic) bond motifs is 1. The lowest BCUT2D eigenvalue weighted by molar-refractivity contribution is -0.137. The van der Waals surface area contributed by atoms with Crippen molar-refractivity contribution in [1.82, 2.24) is 9.78 Å². The topological polar surface area (TPSA) is 58.4 Å². The number of aliphatic hydroxyl groups is 1. The summed E-state index contributed by atoms with van der Waals surface area (Å²) in [6, 6.07) is 9.45. The number of hydrogen-bond acceptors (Lipinski definition) is 4. The maximum absolute atomic E-state index is 14.6. The minimum atomic E-state index is -4.73. The Morgan fingerprint density at radius 3 is 2.52 bits per heavy atom. The summed E-state index contributed by atoms with van der Waals surface area (Å²) in [6.07, 6.45) is -3.22. The first-order valence-corrected chi connectivity index (χ1v) is 10.8. The van der Waals surface area contributed by atoms with Crippen LogP contribution in [0.25, 0.3) is 16.9 Å². The Balaban J connectivity index is 1.76. The molecule has 1 aliphatic heterocycles. The lowest BCUT2D eigenvalue weighted by atomic mass is 10.0. The lowest BCUT2D eigenvalue weighted by Gasteiger charge is -2.22. The Hall–Kier alpha value is -3.20. The molecule has 2 aromatic carbocycles. The Bertz CT molecular complexity index is 1290. The number of nitrogens with zero attached hydrogens (tertiary/aromatic N) is 3. The summed E-state index contributed by atoms with van der Waals surface area (Å²) >= 11 is 0. The third-order valence-electron chi connectivity index (χ3n) is 6.33. The van der Waals surface area contributed by atoms with E-state index in [1.165, 1.54) is 30.3 Å². The highest BCUT2D eigenvalue weighted by Gasteiger charge is 2.36. The van der Waals surface area contributed by atoms with E-state index in [0.717, 1.165) is 10.7 Å². The predicted molar refractivity (Wildman–Crippen MR) is 115 cm³/mol. The summed E-state index contributed by atoms with van der Waals surface area (Å²) in [5, 5.41) is 14.1. The van der Waals surface area contributed by atoms with Gasteiger partial charge < -0.3 is 10.0 Å². The third-order valence-corrected chi connectivity index (χ3v) is 6.33. The lowest BCUT2D eigenvalue weighted by Crippen LogP contribution is -2.29. The van der Waals surface area contributed by atoms with Crippen molar-refractivity contribution in [2.75, 3.05) is 18.0 Å². The van der Waals surface area contributed by atoms with Gasteiger partial charge >= 0.3 is 6.18 Å². The average molecular weight is 459 g/mol. The van der Waals surface area contributed by atoms with Gasteiger partial charge in [0.2, 0.25) is 0 Å². The van der Waals surface area contributed by atoms with Gasteiger partial charge in [-0.25, -0.2) is 4.39 Å². The second kappa shape index (κ2) is 7.98. The number of β-amino-alcohol motifs (C(OH)–C–C–N with tert-alkyl or cyclic N) is 1. The van der Waals surface area contributed by atoms with Gasteiger partial charge in [0.15, 0.2) is 0 Å². The first-order chi connectivity index (χ1) is 15.7. The molecule has 3 aromatic rings. The normalized spacial score (nSPS) is 18.1. The van der Waals surface area contributed by atoms with Crippen molar-refractivity contribution >= 4 is 5.69 Å². The van der Waals surface area contributed by atoms with Crippen molar-refractivity contribution in [3.63, 3.8) is 0 Å². The molecule has 9 heteroatoms. The number of alkyl halides is 3. The molecule has 0 bridgehead atoms. The van der Waals surface area contributed by atoms with E-state index in [9.17, 15) is 27.5 Å². The molecule has 1 N–H and O–H groups in total. The number of aliphatic hydroxyl groups excluding tert-OH is 1. The maximum atomic E-state index is 14.6. The molecule has 5 rings (SSSR count). The summed E-state index contributed by atoms with van der Waals surface area (Å²) in [5.41, 5.74) is -0.265. The molecule has 1 aliphatic carbocycles. The van der Waals surface area contributed by atoms with Crippen molar-refractivity contribution < 1.29 is 22.7 Å². The highest BCUT2D eigenvalue weighted by molar-refractivity contribution is 5.66. The fraction of sp³-hybridized carbons (Fsp3) is 0.333. The van der Waals surface area contributed by atoms with Crippen LogP contribution in [0, 0.1) is 5.82 Å². The van der Waals surface area contributed by atoms with Gasteiger partial charge in [-0.2, -0.15) is 23.0 Å². The SMILES string of the molecule is O=c1c2c(c(-c3ccccc3F)nn1-c1cc(N3CC[C@H](O)C3)ccc1C(F)(F)F)CCC2. The molecule has 33 heavy (non-hydrogen) atoms. The van der Waals surface area contributed by atoms with Crippen molar-refractivity contribution in [2.45, 2.75) is 38.0 Å². The van der Waals surface area contributed by atoms with Crippen molar-refractivity contribution in [3.05, 3.63) is 75.3 Å². The molecule has 172 valence electrons. The summed E-state index contributed by atoms with van der Waals surface area (Å²) in [7, 11) is 0. The first kappa shape index (κ1) is 21.6. The van der Waals surface area contributed by atoms with Gasteiger partial charge in [-0.3, -0.25) is 4.79 Å². The fourth-order valence-corrected chi connectivity index (χ4v) is 4.72.